The van der Waals surface area contributed by atoms with Gasteiger partial charge in [-0.05, 0) is 72.4 Å². The average Bonchev–Trinajstić information content (AvgIpc) is 2.99. The molecule has 0 fully saturated rings. The molecule has 4 rings (SSSR count). The number of thioether (sulfide) groups is 1. The molecule has 0 saturated heterocycles. The Morgan fingerprint density at radius 1 is 1.04 bits per heavy atom. The third kappa shape index (κ3) is 2.91. The van der Waals surface area contributed by atoms with E-state index in [1.165, 1.54) is 23.3 Å². The molecule has 1 aliphatic rings. The van der Waals surface area contributed by atoms with Crippen LogP contribution in [0.3, 0.4) is 0 Å². The van der Waals surface area contributed by atoms with Crippen LogP contribution in [0, 0.1) is 5.82 Å². The third-order valence-electron chi connectivity index (χ3n) is 4.25. The van der Waals surface area contributed by atoms with Gasteiger partial charge < -0.3 is 4.42 Å². The zero-order valence-electron chi connectivity index (χ0n) is 12.5. The standard InChI is InChI=1S/C19H15FO2S/c20-15-4-6-16(7-5-15)23-11-14-10-19(21)22-18-9-13-3-1-2-12(13)8-17(14)18/h4-10H,1-3,11H2. The van der Waals surface area contributed by atoms with Crippen molar-refractivity contribution in [3.63, 3.8) is 0 Å². The van der Waals surface area contributed by atoms with Gasteiger partial charge in [0.25, 0.3) is 0 Å². The topological polar surface area (TPSA) is 30.2 Å². The number of rotatable bonds is 3. The number of hydrogen-bond donors (Lipinski definition) is 0. The Morgan fingerprint density at radius 2 is 1.78 bits per heavy atom. The quantitative estimate of drug-likeness (QED) is 0.515. The highest BCUT2D eigenvalue weighted by atomic mass is 32.2. The lowest BCUT2D eigenvalue weighted by Crippen LogP contribution is -2.00. The molecular weight excluding hydrogens is 311 g/mol. The van der Waals surface area contributed by atoms with E-state index in [9.17, 15) is 9.18 Å². The SMILES string of the molecule is O=c1cc(CSc2ccc(F)cc2)c2cc3c(cc2o1)CCC3. The smallest absolute Gasteiger partial charge is 0.336 e. The van der Waals surface area contributed by atoms with Crippen LogP contribution in [0.25, 0.3) is 11.0 Å². The summed E-state index contributed by atoms with van der Waals surface area (Å²) in [5, 5.41) is 1.01. The summed E-state index contributed by atoms with van der Waals surface area (Å²) in [4.78, 5) is 12.8. The fourth-order valence-corrected chi connectivity index (χ4v) is 4.00. The molecule has 0 amide bonds. The summed E-state index contributed by atoms with van der Waals surface area (Å²) in [7, 11) is 0. The number of fused-ring (bicyclic) bond motifs is 2. The van der Waals surface area contributed by atoms with Crippen LogP contribution in [0.1, 0.15) is 23.1 Å². The number of benzene rings is 2. The van der Waals surface area contributed by atoms with Crippen molar-refractivity contribution in [1.29, 1.82) is 0 Å². The summed E-state index contributed by atoms with van der Waals surface area (Å²) < 4.78 is 18.4. The summed E-state index contributed by atoms with van der Waals surface area (Å²) in [6, 6.07) is 12.2. The second-order valence-electron chi connectivity index (χ2n) is 5.80. The van der Waals surface area contributed by atoms with Gasteiger partial charge in [-0.2, -0.15) is 0 Å². The molecule has 3 aromatic rings. The fraction of sp³-hybridized carbons (Fsp3) is 0.211. The Balaban J connectivity index is 1.71. The van der Waals surface area contributed by atoms with Gasteiger partial charge in [-0.1, -0.05) is 0 Å². The lowest BCUT2D eigenvalue weighted by molar-refractivity contribution is 0.559. The van der Waals surface area contributed by atoms with E-state index in [-0.39, 0.29) is 11.4 Å². The highest BCUT2D eigenvalue weighted by molar-refractivity contribution is 7.98. The Hall–Kier alpha value is -2.07. The maximum Gasteiger partial charge on any atom is 0.336 e. The molecule has 4 heteroatoms. The van der Waals surface area contributed by atoms with E-state index in [4.69, 9.17) is 4.42 Å². The summed E-state index contributed by atoms with van der Waals surface area (Å²) in [6.07, 6.45) is 3.31. The van der Waals surface area contributed by atoms with Gasteiger partial charge in [0.2, 0.25) is 0 Å². The first-order valence-electron chi connectivity index (χ1n) is 7.66. The maximum atomic E-state index is 13.0. The van der Waals surface area contributed by atoms with E-state index in [1.807, 2.05) is 6.07 Å². The van der Waals surface area contributed by atoms with Gasteiger partial charge in [0.1, 0.15) is 11.4 Å². The molecule has 0 bridgehead atoms. The predicted octanol–water partition coefficient (Wildman–Crippen LogP) is 4.71. The van der Waals surface area contributed by atoms with Gasteiger partial charge in [-0.3, -0.25) is 0 Å². The van der Waals surface area contributed by atoms with Crippen LogP contribution >= 0.6 is 11.8 Å². The molecule has 0 aliphatic heterocycles. The zero-order valence-corrected chi connectivity index (χ0v) is 13.3. The summed E-state index contributed by atoms with van der Waals surface area (Å²) >= 11 is 1.59. The molecular formula is C19H15FO2S. The summed E-state index contributed by atoms with van der Waals surface area (Å²) in [5.41, 5.74) is 3.99. The minimum Gasteiger partial charge on any atom is -0.423 e. The molecule has 1 aromatic heterocycles. The van der Waals surface area contributed by atoms with Crippen LogP contribution in [0.15, 0.2) is 56.6 Å². The molecule has 1 aliphatic carbocycles. The minimum absolute atomic E-state index is 0.240. The van der Waals surface area contributed by atoms with Crippen LogP contribution in [0.5, 0.6) is 0 Å². The largest absolute Gasteiger partial charge is 0.423 e. The van der Waals surface area contributed by atoms with Gasteiger partial charge in [0.15, 0.2) is 0 Å². The van der Waals surface area contributed by atoms with Crippen LogP contribution < -0.4 is 5.63 Å². The first-order chi connectivity index (χ1) is 11.2. The Bertz CT molecular complexity index is 928. The maximum absolute atomic E-state index is 13.0. The number of aryl methyl sites for hydroxylation is 2. The van der Waals surface area contributed by atoms with Gasteiger partial charge in [0.05, 0.1) is 0 Å². The second-order valence-corrected chi connectivity index (χ2v) is 6.85. The van der Waals surface area contributed by atoms with Crippen LogP contribution in [-0.4, -0.2) is 0 Å². The lowest BCUT2D eigenvalue weighted by Gasteiger charge is -2.08. The first kappa shape index (κ1) is 14.5. The van der Waals surface area contributed by atoms with E-state index in [2.05, 4.69) is 6.07 Å². The van der Waals surface area contributed by atoms with Crippen molar-refractivity contribution in [1.82, 2.24) is 0 Å². The van der Waals surface area contributed by atoms with E-state index < -0.39 is 0 Å². The predicted molar refractivity (Wildman–Crippen MR) is 90.5 cm³/mol. The molecule has 2 nitrogen and oxygen atoms in total. The van der Waals surface area contributed by atoms with Crippen molar-refractivity contribution in [2.45, 2.75) is 29.9 Å². The lowest BCUT2D eigenvalue weighted by atomic mass is 10.0. The van der Waals surface area contributed by atoms with Crippen molar-refractivity contribution >= 4 is 22.7 Å². The molecule has 0 radical (unpaired) electrons. The highest BCUT2D eigenvalue weighted by Gasteiger charge is 2.15. The molecule has 0 unspecified atom stereocenters. The number of hydrogen-bond acceptors (Lipinski definition) is 3. The first-order valence-corrected chi connectivity index (χ1v) is 8.64. The molecule has 0 atom stereocenters. The van der Waals surface area contributed by atoms with Crippen molar-refractivity contribution in [3.05, 3.63) is 75.4 Å². The van der Waals surface area contributed by atoms with Crippen molar-refractivity contribution in [2.75, 3.05) is 0 Å². The molecule has 0 spiro atoms. The normalized spacial score (nSPS) is 13.4. The summed E-state index contributed by atoms with van der Waals surface area (Å²) in [5.74, 6) is 0.419. The minimum atomic E-state index is -0.315. The van der Waals surface area contributed by atoms with E-state index in [0.29, 0.717) is 11.3 Å². The van der Waals surface area contributed by atoms with Gasteiger partial charge in [-0.15, -0.1) is 11.8 Å². The zero-order chi connectivity index (χ0) is 15.8. The van der Waals surface area contributed by atoms with Gasteiger partial charge in [-0.25, -0.2) is 9.18 Å². The highest BCUT2D eigenvalue weighted by Crippen LogP contribution is 2.31. The molecule has 0 saturated carbocycles. The Morgan fingerprint density at radius 3 is 2.57 bits per heavy atom. The molecule has 116 valence electrons. The van der Waals surface area contributed by atoms with Crippen molar-refractivity contribution < 1.29 is 8.81 Å². The van der Waals surface area contributed by atoms with Crippen LogP contribution in [-0.2, 0) is 18.6 Å². The molecule has 1 heterocycles. The average molecular weight is 326 g/mol. The third-order valence-corrected chi connectivity index (χ3v) is 5.31. The van der Waals surface area contributed by atoms with E-state index in [0.717, 1.165) is 35.1 Å². The van der Waals surface area contributed by atoms with Gasteiger partial charge >= 0.3 is 5.63 Å². The second kappa shape index (κ2) is 5.85. The van der Waals surface area contributed by atoms with E-state index in [1.54, 1.807) is 30.0 Å². The Kier molecular flexibility index (Phi) is 3.69. The van der Waals surface area contributed by atoms with E-state index >= 15 is 0 Å². The molecule has 0 N–H and O–H groups in total. The van der Waals surface area contributed by atoms with Gasteiger partial charge in [0, 0.05) is 22.1 Å². The monoisotopic (exact) mass is 326 g/mol. The van der Waals surface area contributed by atoms with Crippen LogP contribution in [0.2, 0.25) is 0 Å². The molecule has 2 aromatic carbocycles. The van der Waals surface area contributed by atoms with Crippen LogP contribution in [0.4, 0.5) is 4.39 Å². The number of halogens is 1. The summed E-state index contributed by atoms with van der Waals surface area (Å²) in [6.45, 7) is 0. The van der Waals surface area contributed by atoms with Crippen molar-refractivity contribution in [2.24, 2.45) is 0 Å². The molecule has 23 heavy (non-hydrogen) atoms. The Labute approximate surface area is 137 Å². The fourth-order valence-electron chi connectivity index (χ4n) is 3.11. The van der Waals surface area contributed by atoms with Crippen molar-refractivity contribution in [3.8, 4) is 0 Å².